The summed E-state index contributed by atoms with van der Waals surface area (Å²) < 4.78 is 0. The summed E-state index contributed by atoms with van der Waals surface area (Å²) in [5.74, 6) is 0.964. The first-order chi connectivity index (χ1) is 10.8. The van der Waals surface area contributed by atoms with Crippen LogP contribution in [-0.2, 0) is 0 Å². The molecular weight excluding hydrogens is 274 g/mol. The molecule has 116 valence electrons. The third kappa shape index (κ3) is 3.02. The molecule has 2 aromatic rings. The molecule has 1 aliphatic carbocycles. The SMILES string of the molecule is O=c1[nH]ccc2cc(NC3CCCN(CC4CC4)C3)ccc12. The third-order valence-electron chi connectivity index (χ3n) is 4.86. The average molecular weight is 297 g/mol. The molecule has 0 spiro atoms. The van der Waals surface area contributed by atoms with E-state index >= 15 is 0 Å². The molecule has 1 unspecified atom stereocenters. The maximum absolute atomic E-state index is 11.7. The van der Waals surface area contributed by atoms with Crippen LogP contribution in [-0.4, -0.2) is 35.6 Å². The van der Waals surface area contributed by atoms with Crippen molar-refractivity contribution in [2.45, 2.75) is 31.7 Å². The van der Waals surface area contributed by atoms with Crippen molar-refractivity contribution < 1.29 is 0 Å². The fourth-order valence-corrected chi connectivity index (χ4v) is 3.52. The van der Waals surface area contributed by atoms with Gasteiger partial charge < -0.3 is 15.2 Å². The van der Waals surface area contributed by atoms with Crippen molar-refractivity contribution in [2.24, 2.45) is 5.92 Å². The normalized spacial score (nSPS) is 22.8. The Bertz CT molecular complexity index is 720. The lowest BCUT2D eigenvalue weighted by Gasteiger charge is -2.33. The molecule has 1 saturated carbocycles. The van der Waals surface area contributed by atoms with Gasteiger partial charge in [0.05, 0.1) is 0 Å². The molecule has 2 N–H and O–H groups in total. The van der Waals surface area contributed by atoms with Crippen LogP contribution in [0.3, 0.4) is 0 Å². The molecule has 0 bridgehead atoms. The van der Waals surface area contributed by atoms with Gasteiger partial charge in [-0.15, -0.1) is 0 Å². The van der Waals surface area contributed by atoms with Crippen LogP contribution in [0.4, 0.5) is 5.69 Å². The van der Waals surface area contributed by atoms with Crippen LogP contribution in [0.25, 0.3) is 10.8 Å². The summed E-state index contributed by atoms with van der Waals surface area (Å²) in [4.78, 5) is 17.1. The molecule has 4 nitrogen and oxygen atoms in total. The van der Waals surface area contributed by atoms with Crippen molar-refractivity contribution in [1.29, 1.82) is 0 Å². The van der Waals surface area contributed by atoms with Gasteiger partial charge in [0.2, 0.25) is 0 Å². The number of aromatic amines is 1. The maximum atomic E-state index is 11.7. The van der Waals surface area contributed by atoms with Crippen LogP contribution in [0.15, 0.2) is 35.3 Å². The highest BCUT2D eigenvalue weighted by atomic mass is 16.1. The van der Waals surface area contributed by atoms with E-state index in [1.165, 1.54) is 38.8 Å². The van der Waals surface area contributed by atoms with Gasteiger partial charge in [-0.2, -0.15) is 0 Å². The number of rotatable bonds is 4. The first-order valence-electron chi connectivity index (χ1n) is 8.38. The first kappa shape index (κ1) is 13.8. The zero-order valence-electron chi connectivity index (χ0n) is 12.8. The first-order valence-corrected chi connectivity index (χ1v) is 8.38. The zero-order chi connectivity index (χ0) is 14.9. The van der Waals surface area contributed by atoms with Crippen LogP contribution in [0.2, 0.25) is 0 Å². The number of nitrogens with one attached hydrogen (secondary N) is 2. The van der Waals surface area contributed by atoms with Crippen molar-refractivity contribution >= 4 is 16.5 Å². The van der Waals surface area contributed by atoms with Gasteiger partial charge in [0, 0.05) is 36.4 Å². The summed E-state index contributed by atoms with van der Waals surface area (Å²) in [6.45, 7) is 3.68. The monoisotopic (exact) mass is 297 g/mol. The van der Waals surface area contributed by atoms with Crippen molar-refractivity contribution in [3.63, 3.8) is 0 Å². The van der Waals surface area contributed by atoms with Crippen LogP contribution < -0.4 is 10.9 Å². The van der Waals surface area contributed by atoms with Crippen molar-refractivity contribution in [1.82, 2.24) is 9.88 Å². The second-order valence-corrected chi connectivity index (χ2v) is 6.80. The topological polar surface area (TPSA) is 48.1 Å². The second kappa shape index (κ2) is 5.76. The van der Waals surface area contributed by atoms with Crippen LogP contribution in [0, 0.1) is 5.92 Å². The molecule has 1 aromatic carbocycles. The number of fused-ring (bicyclic) bond motifs is 1. The average Bonchev–Trinajstić information content (AvgIpc) is 3.32. The lowest BCUT2D eigenvalue weighted by molar-refractivity contribution is 0.208. The van der Waals surface area contributed by atoms with Gasteiger partial charge in [0.25, 0.3) is 5.56 Å². The smallest absolute Gasteiger partial charge is 0.255 e. The summed E-state index contributed by atoms with van der Waals surface area (Å²) in [5.41, 5.74) is 1.11. The number of hydrogen-bond acceptors (Lipinski definition) is 3. The minimum Gasteiger partial charge on any atom is -0.381 e. The number of hydrogen-bond donors (Lipinski definition) is 2. The Balaban J connectivity index is 1.46. The maximum Gasteiger partial charge on any atom is 0.255 e. The van der Waals surface area contributed by atoms with Gasteiger partial charge >= 0.3 is 0 Å². The number of aromatic nitrogens is 1. The van der Waals surface area contributed by atoms with Gasteiger partial charge in [-0.25, -0.2) is 0 Å². The Hall–Kier alpha value is -1.81. The molecule has 4 heteroatoms. The number of piperidine rings is 1. The number of pyridine rings is 1. The largest absolute Gasteiger partial charge is 0.381 e. The predicted molar refractivity (Wildman–Crippen MR) is 90.4 cm³/mol. The molecule has 2 fully saturated rings. The Morgan fingerprint density at radius 1 is 1.23 bits per heavy atom. The molecule has 0 radical (unpaired) electrons. The fraction of sp³-hybridized carbons (Fsp3) is 0.500. The Morgan fingerprint density at radius 2 is 2.14 bits per heavy atom. The molecule has 2 aliphatic rings. The summed E-state index contributed by atoms with van der Waals surface area (Å²) in [6, 6.07) is 8.51. The fourth-order valence-electron chi connectivity index (χ4n) is 3.52. The lowest BCUT2D eigenvalue weighted by Crippen LogP contribution is -2.42. The molecule has 2 heterocycles. The van der Waals surface area contributed by atoms with Gasteiger partial charge in [-0.3, -0.25) is 4.79 Å². The van der Waals surface area contributed by atoms with E-state index in [1.807, 2.05) is 18.2 Å². The van der Waals surface area contributed by atoms with E-state index in [0.29, 0.717) is 6.04 Å². The van der Waals surface area contributed by atoms with E-state index in [0.717, 1.165) is 28.9 Å². The molecule has 4 rings (SSSR count). The van der Waals surface area contributed by atoms with E-state index in [2.05, 4.69) is 21.3 Å². The summed E-state index contributed by atoms with van der Waals surface area (Å²) in [6.07, 6.45) is 7.07. The minimum atomic E-state index is -0.0164. The molecular formula is C18H23N3O. The summed E-state index contributed by atoms with van der Waals surface area (Å²) >= 11 is 0. The number of anilines is 1. The van der Waals surface area contributed by atoms with Crippen LogP contribution in [0.5, 0.6) is 0 Å². The van der Waals surface area contributed by atoms with Crippen molar-refractivity contribution in [3.8, 4) is 0 Å². The molecule has 0 amide bonds. The molecule has 1 atom stereocenters. The predicted octanol–water partition coefficient (Wildman–Crippen LogP) is 2.81. The quantitative estimate of drug-likeness (QED) is 0.912. The number of likely N-dealkylation sites (tertiary alicyclic amines) is 1. The van der Waals surface area contributed by atoms with Gasteiger partial charge in [-0.1, -0.05) is 0 Å². The number of benzene rings is 1. The Kier molecular flexibility index (Phi) is 3.62. The second-order valence-electron chi connectivity index (χ2n) is 6.80. The molecule has 1 aromatic heterocycles. The Labute approximate surface area is 130 Å². The van der Waals surface area contributed by atoms with Crippen LogP contribution >= 0.6 is 0 Å². The van der Waals surface area contributed by atoms with Crippen molar-refractivity contribution in [2.75, 3.05) is 25.0 Å². The Morgan fingerprint density at radius 3 is 3.00 bits per heavy atom. The molecule has 22 heavy (non-hydrogen) atoms. The summed E-state index contributed by atoms with van der Waals surface area (Å²) in [7, 11) is 0. The van der Waals surface area contributed by atoms with Gasteiger partial charge in [0.15, 0.2) is 0 Å². The zero-order valence-corrected chi connectivity index (χ0v) is 12.8. The highest BCUT2D eigenvalue weighted by molar-refractivity contribution is 5.84. The molecule has 1 saturated heterocycles. The van der Waals surface area contributed by atoms with E-state index < -0.39 is 0 Å². The van der Waals surface area contributed by atoms with Gasteiger partial charge in [0.1, 0.15) is 0 Å². The van der Waals surface area contributed by atoms with E-state index in [4.69, 9.17) is 0 Å². The van der Waals surface area contributed by atoms with Gasteiger partial charge in [-0.05, 0) is 67.8 Å². The highest BCUT2D eigenvalue weighted by Crippen LogP contribution is 2.30. The number of nitrogens with zero attached hydrogens (tertiary/aromatic N) is 1. The number of H-pyrrole nitrogens is 1. The van der Waals surface area contributed by atoms with Crippen molar-refractivity contribution in [3.05, 3.63) is 40.8 Å². The molecule has 1 aliphatic heterocycles. The minimum absolute atomic E-state index is 0.0164. The lowest BCUT2D eigenvalue weighted by atomic mass is 10.0. The van der Waals surface area contributed by atoms with E-state index in [-0.39, 0.29) is 5.56 Å². The van der Waals surface area contributed by atoms with E-state index in [1.54, 1.807) is 6.20 Å². The highest BCUT2D eigenvalue weighted by Gasteiger charge is 2.27. The summed E-state index contributed by atoms with van der Waals surface area (Å²) in [5, 5.41) is 5.42. The van der Waals surface area contributed by atoms with E-state index in [9.17, 15) is 4.79 Å². The third-order valence-corrected chi connectivity index (χ3v) is 4.86. The van der Waals surface area contributed by atoms with Crippen LogP contribution in [0.1, 0.15) is 25.7 Å². The standard InChI is InChI=1S/C18H23N3O/c22-18-17-6-5-15(10-14(17)7-8-19-18)20-16-2-1-9-21(12-16)11-13-3-4-13/h5-8,10,13,16,20H,1-4,9,11-12H2,(H,19,22).